The molecule has 2 aromatic rings. The fourth-order valence-electron chi connectivity index (χ4n) is 2.52. The molecular formula is C17H19NO3. The van der Waals surface area contributed by atoms with Gasteiger partial charge in [0, 0.05) is 0 Å². The number of rotatable bonds is 5. The third kappa shape index (κ3) is 2.81. The summed E-state index contributed by atoms with van der Waals surface area (Å²) in [6.45, 7) is 3.28. The molecule has 1 atom stereocenters. The third-order valence-corrected chi connectivity index (χ3v) is 3.59. The molecule has 110 valence electrons. The Morgan fingerprint density at radius 3 is 2.48 bits per heavy atom. The molecule has 0 fully saturated rings. The zero-order valence-electron chi connectivity index (χ0n) is 12.3. The van der Waals surface area contributed by atoms with Gasteiger partial charge >= 0.3 is 0 Å². The minimum atomic E-state index is 0.121. The van der Waals surface area contributed by atoms with Crippen LogP contribution in [0.3, 0.4) is 0 Å². The lowest BCUT2D eigenvalue weighted by Gasteiger charge is -2.19. The van der Waals surface area contributed by atoms with E-state index in [1.54, 1.807) is 7.11 Å². The maximum absolute atomic E-state index is 5.47. The fourth-order valence-corrected chi connectivity index (χ4v) is 2.52. The standard InChI is InChI=1S/C17H19NO3/c1-3-18-17(12-4-7-14(19-2)8-5-12)13-6-9-15-16(10-13)21-11-20-15/h4-10,17-18H,3,11H2,1-2H3. The molecule has 0 radical (unpaired) electrons. The summed E-state index contributed by atoms with van der Waals surface area (Å²) in [4.78, 5) is 0. The van der Waals surface area contributed by atoms with Crippen molar-refractivity contribution >= 4 is 0 Å². The first-order valence-electron chi connectivity index (χ1n) is 7.08. The van der Waals surface area contributed by atoms with E-state index in [9.17, 15) is 0 Å². The van der Waals surface area contributed by atoms with Crippen LogP contribution in [0.5, 0.6) is 17.2 Å². The Bertz CT molecular complexity index is 610. The first kappa shape index (κ1) is 13.8. The van der Waals surface area contributed by atoms with Gasteiger partial charge in [-0.1, -0.05) is 25.1 Å². The molecule has 0 aliphatic carbocycles. The number of nitrogens with one attached hydrogen (secondary N) is 1. The van der Waals surface area contributed by atoms with Crippen molar-refractivity contribution in [2.75, 3.05) is 20.4 Å². The molecule has 0 aromatic heterocycles. The van der Waals surface area contributed by atoms with Crippen LogP contribution < -0.4 is 19.5 Å². The highest BCUT2D eigenvalue weighted by atomic mass is 16.7. The fraction of sp³-hybridized carbons (Fsp3) is 0.294. The van der Waals surface area contributed by atoms with Gasteiger partial charge in [-0.05, 0) is 41.9 Å². The molecule has 1 N–H and O–H groups in total. The first-order chi connectivity index (χ1) is 10.3. The normalized spacial score (nSPS) is 14.0. The molecular weight excluding hydrogens is 266 g/mol. The van der Waals surface area contributed by atoms with Gasteiger partial charge in [-0.2, -0.15) is 0 Å². The molecule has 0 spiro atoms. The van der Waals surface area contributed by atoms with Crippen molar-refractivity contribution in [3.8, 4) is 17.2 Å². The Labute approximate surface area is 124 Å². The van der Waals surface area contributed by atoms with Crippen LogP contribution in [0.25, 0.3) is 0 Å². The average Bonchev–Trinajstić information content (AvgIpc) is 3.00. The highest BCUT2D eigenvalue weighted by Gasteiger charge is 2.18. The maximum atomic E-state index is 5.47. The quantitative estimate of drug-likeness (QED) is 0.916. The van der Waals surface area contributed by atoms with Crippen molar-refractivity contribution < 1.29 is 14.2 Å². The van der Waals surface area contributed by atoms with Crippen molar-refractivity contribution in [1.29, 1.82) is 0 Å². The summed E-state index contributed by atoms with van der Waals surface area (Å²) in [7, 11) is 1.68. The molecule has 1 unspecified atom stereocenters. The number of fused-ring (bicyclic) bond motifs is 1. The predicted molar refractivity (Wildman–Crippen MR) is 81.1 cm³/mol. The number of benzene rings is 2. The van der Waals surface area contributed by atoms with Gasteiger partial charge < -0.3 is 19.5 Å². The molecule has 0 bridgehead atoms. The summed E-state index contributed by atoms with van der Waals surface area (Å²) >= 11 is 0. The van der Waals surface area contributed by atoms with Crippen molar-refractivity contribution in [1.82, 2.24) is 5.32 Å². The van der Waals surface area contributed by atoms with Gasteiger partial charge in [0.05, 0.1) is 13.2 Å². The first-order valence-corrected chi connectivity index (χ1v) is 7.08. The van der Waals surface area contributed by atoms with Crippen molar-refractivity contribution in [2.45, 2.75) is 13.0 Å². The summed E-state index contributed by atoms with van der Waals surface area (Å²) in [6.07, 6.45) is 0. The summed E-state index contributed by atoms with van der Waals surface area (Å²) in [6, 6.07) is 14.3. The van der Waals surface area contributed by atoms with Crippen LogP contribution in [0.2, 0.25) is 0 Å². The number of hydrogen-bond donors (Lipinski definition) is 1. The second-order valence-electron chi connectivity index (χ2n) is 4.88. The van der Waals surface area contributed by atoms with E-state index >= 15 is 0 Å². The Balaban J connectivity index is 1.93. The second kappa shape index (κ2) is 6.06. The largest absolute Gasteiger partial charge is 0.497 e. The molecule has 4 heteroatoms. The zero-order chi connectivity index (χ0) is 14.7. The van der Waals surface area contributed by atoms with E-state index < -0.39 is 0 Å². The van der Waals surface area contributed by atoms with E-state index in [2.05, 4.69) is 30.4 Å². The second-order valence-corrected chi connectivity index (χ2v) is 4.88. The van der Waals surface area contributed by atoms with Gasteiger partial charge in [-0.25, -0.2) is 0 Å². The number of ether oxygens (including phenoxy) is 3. The number of methoxy groups -OCH3 is 1. The predicted octanol–water partition coefficient (Wildman–Crippen LogP) is 3.12. The van der Waals surface area contributed by atoms with Crippen molar-refractivity contribution in [3.63, 3.8) is 0 Å². The Hall–Kier alpha value is -2.20. The molecule has 4 nitrogen and oxygen atoms in total. The zero-order valence-corrected chi connectivity index (χ0v) is 12.3. The molecule has 3 rings (SSSR count). The van der Waals surface area contributed by atoms with Crippen LogP contribution in [-0.2, 0) is 0 Å². The van der Waals surface area contributed by atoms with E-state index in [4.69, 9.17) is 14.2 Å². The van der Waals surface area contributed by atoms with Crippen LogP contribution in [0.15, 0.2) is 42.5 Å². The molecule has 2 aromatic carbocycles. The minimum absolute atomic E-state index is 0.121. The highest BCUT2D eigenvalue weighted by molar-refractivity contribution is 5.47. The van der Waals surface area contributed by atoms with Crippen LogP contribution in [-0.4, -0.2) is 20.4 Å². The molecule has 0 saturated heterocycles. The van der Waals surface area contributed by atoms with Crippen molar-refractivity contribution in [2.24, 2.45) is 0 Å². The van der Waals surface area contributed by atoms with E-state index in [-0.39, 0.29) is 6.04 Å². The topological polar surface area (TPSA) is 39.7 Å². The maximum Gasteiger partial charge on any atom is 0.231 e. The molecule has 1 aliphatic rings. The molecule has 0 saturated carbocycles. The molecule has 0 amide bonds. The summed E-state index contributed by atoms with van der Waals surface area (Å²) < 4.78 is 16.1. The van der Waals surface area contributed by atoms with Gasteiger partial charge in [0.15, 0.2) is 11.5 Å². The van der Waals surface area contributed by atoms with E-state index in [1.165, 1.54) is 5.56 Å². The Morgan fingerprint density at radius 2 is 1.76 bits per heavy atom. The van der Waals surface area contributed by atoms with Gasteiger partial charge in [-0.15, -0.1) is 0 Å². The van der Waals surface area contributed by atoms with Crippen LogP contribution >= 0.6 is 0 Å². The lowest BCUT2D eigenvalue weighted by Crippen LogP contribution is -2.21. The minimum Gasteiger partial charge on any atom is -0.497 e. The van der Waals surface area contributed by atoms with Gasteiger partial charge in [0.2, 0.25) is 6.79 Å². The number of hydrogen-bond acceptors (Lipinski definition) is 4. The lowest BCUT2D eigenvalue weighted by molar-refractivity contribution is 0.174. The Morgan fingerprint density at radius 1 is 1.05 bits per heavy atom. The van der Waals surface area contributed by atoms with Gasteiger partial charge in [0.1, 0.15) is 5.75 Å². The van der Waals surface area contributed by atoms with Crippen LogP contribution in [0.4, 0.5) is 0 Å². The molecule has 1 heterocycles. The summed E-state index contributed by atoms with van der Waals surface area (Å²) in [5.74, 6) is 2.48. The Kier molecular flexibility index (Phi) is 3.97. The highest BCUT2D eigenvalue weighted by Crippen LogP contribution is 2.35. The molecule has 21 heavy (non-hydrogen) atoms. The van der Waals surface area contributed by atoms with E-state index in [0.717, 1.165) is 29.4 Å². The van der Waals surface area contributed by atoms with Gasteiger partial charge in [-0.3, -0.25) is 0 Å². The third-order valence-electron chi connectivity index (χ3n) is 3.59. The van der Waals surface area contributed by atoms with E-state index in [1.807, 2.05) is 24.3 Å². The van der Waals surface area contributed by atoms with Gasteiger partial charge in [0.25, 0.3) is 0 Å². The van der Waals surface area contributed by atoms with Crippen molar-refractivity contribution in [3.05, 3.63) is 53.6 Å². The average molecular weight is 285 g/mol. The molecule has 1 aliphatic heterocycles. The van der Waals surface area contributed by atoms with Crippen LogP contribution in [0, 0.1) is 0 Å². The lowest BCUT2D eigenvalue weighted by atomic mass is 9.98. The van der Waals surface area contributed by atoms with Crippen LogP contribution in [0.1, 0.15) is 24.1 Å². The SMILES string of the molecule is CCNC(c1ccc(OC)cc1)c1ccc2c(c1)OCO2. The van der Waals surface area contributed by atoms with E-state index in [0.29, 0.717) is 6.79 Å². The summed E-state index contributed by atoms with van der Waals surface area (Å²) in [5.41, 5.74) is 2.35. The summed E-state index contributed by atoms with van der Waals surface area (Å²) in [5, 5.41) is 3.51. The smallest absolute Gasteiger partial charge is 0.231 e. The monoisotopic (exact) mass is 285 g/mol.